The maximum atomic E-state index is 13.5. The highest BCUT2D eigenvalue weighted by atomic mass is 35.5. The van der Waals surface area contributed by atoms with Crippen LogP contribution in [-0.4, -0.2) is 56.7 Å². The van der Waals surface area contributed by atoms with Gasteiger partial charge >= 0.3 is 6.03 Å². The van der Waals surface area contributed by atoms with Gasteiger partial charge in [-0.05, 0) is 72.6 Å². The Bertz CT molecular complexity index is 1310. The number of carbonyl (C=O) groups excluding carboxylic acids is 3. The molecule has 0 unspecified atom stereocenters. The Morgan fingerprint density at radius 2 is 1.58 bits per heavy atom. The summed E-state index contributed by atoms with van der Waals surface area (Å²) in [5.41, 5.74) is 1.83. The van der Waals surface area contributed by atoms with Gasteiger partial charge in [0.1, 0.15) is 11.8 Å². The predicted octanol–water partition coefficient (Wildman–Crippen LogP) is 4.77. The Labute approximate surface area is 225 Å². The molecule has 198 valence electrons. The normalized spacial score (nSPS) is 15.0. The number of rotatable bonds is 10. The van der Waals surface area contributed by atoms with Crippen molar-refractivity contribution in [1.29, 1.82) is 0 Å². The van der Waals surface area contributed by atoms with Gasteiger partial charge in [0.15, 0.2) is 11.5 Å². The molecular formula is C28H28ClN3O6. The maximum absolute atomic E-state index is 13.5. The molecule has 0 bridgehead atoms. The van der Waals surface area contributed by atoms with Crippen LogP contribution in [0.2, 0.25) is 5.02 Å². The second-order valence-corrected chi connectivity index (χ2v) is 9.00. The SMILES string of the molecule is COc1ccc(NC(=O)C[C@@H]2C(=O)N(c3ccc(Cl)cc3)C(=O)N2CCc2ccc(OC)c(OC)c2)cc1. The molecule has 0 aromatic heterocycles. The van der Waals surface area contributed by atoms with Crippen molar-refractivity contribution in [2.45, 2.75) is 18.9 Å². The van der Waals surface area contributed by atoms with Crippen molar-refractivity contribution in [3.05, 3.63) is 77.3 Å². The van der Waals surface area contributed by atoms with Crippen LogP contribution in [0.5, 0.6) is 17.2 Å². The minimum absolute atomic E-state index is 0.202. The highest BCUT2D eigenvalue weighted by molar-refractivity contribution is 6.30. The Morgan fingerprint density at radius 3 is 2.21 bits per heavy atom. The van der Waals surface area contributed by atoms with E-state index in [-0.39, 0.29) is 13.0 Å². The lowest BCUT2D eigenvalue weighted by Crippen LogP contribution is -2.39. The average molecular weight is 538 g/mol. The van der Waals surface area contributed by atoms with Gasteiger partial charge in [0.2, 0.25) is 5.91 Å². The zero-order valence-electron chi connectivity index (χ0n) is 21.3. The Morgan fingerprint density at radius 1 is 0.895 bits per heavy atom. The fraction of sp³-hybridized carbons (Fsp3) is 0.250. The second-order valence-electron chi connectivity index (χ2n) is 8.56. The van der Waals surface area contributed by atoms with Gasteiger partial charge in [0.05, 0.1) is 33.4 Å². The van der Waals surface area contributed by atoms with Crippen LogP contribution in [-0.2, 0) is 16.0 Å². The molecule has 1 heterocycles. The molecule has 3 aromatic carbocycles. The highest BCUT2D eigenvalue weighted by Crippen LogP contribution is 2.30. The van der Waals surface area contributed by atoms with Crippen molar-refractivity contribution in [1.82, 2.24) is 4.90 Å². The molecule has 9 nitrogen and oxygen atoms in total. The molecular weight excluding hydrogens is 510 g/mol. The van der Waals surface area contributed by atoms with Crippen molar-refractivity contribution in [2.24, 2.45) is 0 Å². The van der Waals surface area contributed by atoms with E-state index in [0.717, 1.165) is 10.5 Å². The smallest absolute Gasteiger partial charge is 0.332 e. The number of ether oxygens (including phenoxy) is 3. The van der Waals surface area contributed by atoms with Crippen LogP contribution < -0.4 is 24.4 Å². The van der Waals surface area contributed by atoms with E-state index in [0.29, 0.717) is 40.1 Å². The lowest BCUT2D eigenvalue weighted by molar-refractivity contribution is -0.124. The fourth-order valence-electron chi connectivity index (χ4n) is 4.26. The lowest BCUT2D eigenvalue weighted by atomic mass is 10.1. The van der Waals surface area contributed by atoms with E-state index in [1.165, 1.54) is 4.90 Å². The third kappa shape index (κ3) is 5.84. The van der Waals surface area contributed by atoms with Gasteiger partial charge in [-0.3, -0.25) is 9.59 Å². The van der Waals surface area contributed by atoms with E-state index < -0.39 is 23.9 Å². The average Bonchev–Trinajstić information content (AvgIpc) is 3.16. The molecule has 38 heavy (non-hydrogen) atoms. The van der Waals surface area contributed by atoms with Crippen molar-refractivity contribution >= 4 is 40.8 Å². The van der Waals surface area contributed by atoms with E-state index in [4.69, 9.17) is 25.8 Å². The zero-order valence-corrected chi connectivity index (χ0v) is 22.0. The quantitative estimate of drug-likeness (QED) is 0.374. The van der Waals surface area contributed by atoms with Crippen molar-refractivity contribution in [3.8, 4) is 17.2 Å². The number of methoxy groups -OCH3 is 3. The van der Waals surface area contributed by atoms with Crippen LogP contribution in [0.1, 0.15) is 12.0 Å². The van der Waals surface area contributed by atoms with Gasteiger partial charge in [-0.2, -0.15) is 0 Å². The van der Waals surface area contributed by atoms with E-state index in [1.54, 1.807) is 75.9 Å². The first-order valence-electron chi connectivity index (χ1n) is 11.9. The molecule has 1 fully saturated rings. The molecule has 0 saturated carbocycles. The standard InChI is InChI=1S/C28H28ClN3O6/c1-36-22-11-7-20(8-12-22)30-26(33)17-23-27(34)32(21-9-5-19(29)6-10-21)28(35)31(23)15-14-18-4-13-24(37-2)25(16-18)38-3/h4-13,16,23H,14-15,17H2,1-3H3,(H,30,33)/t23-/m1/s1. The second kappa shape index (κ2) is 11.9. The molecule has 1 saturated heterocycles. The van der Waals surface area contributed by atoms with Crippen LogP contribution in [0.4, 0.5) is 16.2 Å². The van der Waals surface area contributed by atoms with Crippen LogP contribution >= 0.6 is 11.6 Å². The number of urea groups is 1. The molecule has 4 amide bonds. The molecule has 0 radical (unpaired) electrons. The largest absolute Gasteiger partial charge is 0.497 e. The summed E-state index contributed by atoms with van der Waals surface area (Å²) in [7, 11) is 4.66. The summed E-state index contributed by atoms with van der Waals surface area (Å²) in [5.74, 6) is 0.933. The number of nitrogens with one attached hydrogen (secondary N) is 1. The van der Waals surface area contributed by atoms with Crippen LogP contribution in [0.25, 0.3) is 0 Å². The minimum atomic E-state index is -0.975. The van der Waals surface area contributed by atoms with Crippen molar-refractivity contribution in [3.63, 3.8) is 0 Å². The van der Waals surface area contributed by atoms with Crippen LogP contribution in [0, 0.1) is 0 Å². The molecule has 3 aromatic rings. The van der Waals surface area contributed by atoms with Gasteiger partial charge in [-0.15, -0.1) is 0 Å². The van der Waals surface area contributed by atoms with Gasteiger partial charge in [-0.1, -0.05) is 17.7 Å². The summed E-state index contributed by atoms with van der Waals surface area (Å²) in [6, 6.07) is 17.3. The van der Waals surface area contributed by atoms with Gasteiger partial charge in [-0.25, -0.2) is 9.69 Å². The molecule has 1 aliphatic rings. The summed E-state index contributed by atoms with van der Waals surface area (Å²) in [6.07, 6.45) is 0.233. The van der Waals surface area contributed by atoms with E-state index in [1.807, 2.05) is 12.1 Å². The summed E-state index contributed by atoms with van der Waals surface area (Å²) in [4.78, 5) is 42.4. The fourth-order valence-corrected chi connectivity index (χ4v) is 4.39. The number of imide groups is 1. The number of hydrogen-bond donors (Lipinski definition) is 1. The molecule has 1 aliphatic heterocycles. The summed E-state index contributed by atoms with van der Waals surface area (Å²) < 4.78 is 15.8. The molecule has 1 atom stereocenters. The van der Waals surface area contributed by atoms with E-state index in [2.05, 4.69) is 5.32 Å². The number of carbonyl (C=O) groups is 3. The lowest BCUT2D eigenvalue weighted by Gasteiger charge is -2.22. The Balaban J connectivity index is 1.55. The topological polar surface area (TPSA) is 97.4 Å². The minimum Gasteiger partial charge on any atom is -0.497 e. The third-order valence-corrected chi connectivity index (χ3v) is 6.50. The predicted molar refractivity (Wildman–Crippen MR) is 144 cm³/mol. The Hall–Kier alpha value is -4.24. The first kappa shape index (κ1) is 26.8. The first-order chi connectivity index (χ1) is 18.3. The summed E-state index contributed by atoms with van der Waals surface area (Å²) in [5, 5.41) is 3.27. The van der Waals surface area contributed by atoms with Crippen LogP contribution in [0.15, 0.2) is 66.7 Å². The zero-order chi connectivity index (χ0) is 27.2. The highest BCUT2D eigenvalue weighted by Gasteiger charge is 2.46. The summed E-state index contributed by atoms with van der Waals surface area (Å²) >= 11 is 6.00. The number of benzene rings is 3. The number of nitrogens with zero attached hydrogens (tertiary/aromatic N) is 2. The van der Waals surface area contributed by atoms with E-state index >= 15 is 0 Å². The summed E-state index contributed by atoms with van der Waals surface area (Å²) in [6.45, 7) is 0.213. The van der Waals surface area contributed by atoms with Crippen molar-refractivity contribution in [2.75, 3.05) is 38.1 Å². The molecule has 0 spiro atoms. The molecule has 10 heteroatoms. The Kier molecular flexibility index (Phi) is 8.38. The number of hydrogen-bond acceptors (Lipinski definition) is 6. The molecule has 0 aliphatic carbocycles. The number of anilines is 2. The van der Waals surface area contributed by atoms with Gasteiger partial charge in [0.25, 0.3) is 5.91 Å². The monoisotopic (exact) mass is 537 g/mol. The molecule has 1 N–H and O–H groups in total. The third-order valence-electron chi connectivity index (χ3n) is 6.25. The van der Waals surface area contributed by atoms with Gasteiger partial charge in [0, 0.05) is 17.3 Å². The van der Waals surface area contributed by atoms with Crippen molar-refractivity contribution < 1.29 is 28.6 Å². The first-order valence-corrected chi connectivity index (χ1v) is 12.3. The van der Waals surface area contributed by atoms with Gasteiger partial charge < -0.3 is 24.4 Å². The number of halogens is 1. The number of amides is 4. The maximum Gasteiger partial charge on any atom is 0.332 e. The van der Waals surface area contributed by atoms with E-state index in [9.17, 15) is 14.4 Å². The van der Waals surface area contributed by atoms with Crippen LogP contribution in [0.3, 0.4) is 0 Å². The molecule has 4 rings (SSSR count).